The standard InChI is InChI=1S/C22H21N3O3/c26-20-14-18(17-8-4-5-9-19(17)24-20)22(28)25-12-10-16(11-13-25)23-21(27)15-6-2-1-3-7-15/h1-9,14,16H,10-13H2,(H,23,27)(H,24,26). The smallest absolute Gasteiger partial charge is 0.254 e. The third kappa shape index (κ3) is 3.67. The average Bonchev–Trinajstić information content (AvgIpc) is 2.73. The van der Waals surface area contributed by atoms with Gasteiger partial charge in [-0.05, 0) is 31.0 Å². The Kier molecular flexibility index (Phi) is 4.93. The number of rotatable bonds is 3. The van der Waals surface area contributed by atoms with Crippen molar-refractivity contribution in [1.82, 2.24) is 15.2 Å². The van der Waals surface area contributed by atoms with Crippen LogP contribution in [-0.4, -0.2) is 40.8 Å². The summed E-state index contributed by atoms with van der Waals surface area (Å²) in [6.45, 7) is 1.08. The number of amides is 2. The molecule has 28 heavy (non-hydrogen) atoms. The number of piperidine rings is 1. The highest BCUT2D eigenvalue weighted by Crippen LogP contribution is 2.19. The molecule has 2 aromatic carbocycles. The number of hydrogen-bond acceptors (Lipinski definition) is 3. The van der Waals surface area contributed by atoms with Gasteiger partial charge in [-0.15, -0.1) is 0 Å². The molecule has 0 radical (unpaired) electrons. The van der Waals surface area contributed by atoms with Gasteiger partial charge in [0.15, 0.2) is 0 Å². The molecule has 0 atom stereocenters. The lowest BCUT2D eigenvalue weighted by Crippen LogP contribution is -2.46. The number of carbonyl (C=O) groups excluding carboxylic acids is 2. The highest BCUT2D eigenvalue weighted by Gasteiger charge is 2.26. The van der Waals surface area contributed by atoms with E-state index in [1.807, 2.05) is 36.4 Å². The quantitative estimate of drug-likeness (QED) is 0.738. The van der Waals surface area contributed by atoms with E-state index in [0.29, 0.717) is 42.6 Å². The Labute approximate surface area is 162 Å². The van der Waals surface area contributed by atoms with Gasteiger partial charge in [-0.1, -0.05) is 36.4 Å². The van der Waals surface area contributed by atoms with Gasteiger partial charge in [0.1, 0.15) is 0 Å². The maximum atomic E-state index is 13.0. The normalized spacial score (nSPS) is 14.8. The number of nitrogens with zero attached hydrogens (tertiary/aromatic N) is 1. The molecule has 0 saturated carbocycles. The summed E-state index contributed by atoms with van der Waals surface area (Å²) < 4.78 is 0. The number of benzene rings is 2. The van der Waals surface area contributed by atoms with Gasteiger partial charge < -0.3 is 15.2 Å². The third-order valence-corrected chi connectivity index (χ3v) is 5.13. The number of H-pyrrole nitrogens is 1. The Morgan fingerprint density at radius 3 is 2.39 bits per heavy atom. The Morgan fingerprint density at radius 2 is 1.64 bits per heavy atom. The molecule has 2 amide bonds. The molecular weight excluding hydrogens is 354 g/mol. The number of likely N-dealkylation sites (tertiary alicyclic amines) is 1. The van der Waals surface area contributed by atoms with E-state index in [-0.39, 0.29) is 23.4 Å². The molecule has 3 aromatic rings. The summed E-state index contributed by atoms with van der Waals surface area (Å²) in [6.07, 6.45) is 1.37. The summed E-state index contributed by atoms with van der Waals surface area (Å²) >= 11 is 0. The summed E-state index contributed by atoms with van der Waals surface area (Å²) in [5.74, 6) is -0.235. The monoisotopic (exact) mass is 375 g/mol. The van der Waals surface area contributed by atoms with Crippen molar-refractivity contribution in [3.8, 4) is 0 Å². The molecule has 142 valence electrons. The van der Waals surface area contributed by atoms with E-state index in [0.717, 1.165) is 5.39 Å². The van der Waals surface area contributed by atoms with E-state index >= 15 is 0 Å². The predicted molar refractivity (Wildman–Crippen MR) is 107 cm³/mol. The molecule has 0 bridgehead atoms. The zero-order valence-electron chi connectivity index (χ0n) is 15.4. The van der Waals surface area contributed by atoms with Crippen LogP contribution in [0.5, 0.6) is 0 Å². The number of para-hydroxylation sites is 1. The lowest BCUT2D eigenvalue weighted by Gasteiger charge is -2.32. The maximum absolute atomic E-state index is 13.0. The molecule has 0 spiro atoms. The largest absolute Gasteiger partial charge is 0.349 e. The van der Waals surface area contributed by atoms with Gasteiger partial charge in [0.2, 0.25) is 5.56 Å². The van der Waals surface area contributed by atoms with Crippen molar-refractivity contribution < 1.29 is 9.59 Å². The lowest BCUT2D eigenvalue weighted by atomic mass is 10.0. The van der Waals surface area contributed by atoms with Crippen molar-refractivity contribution >= 4 is 22.7 Å². The number of aromatic nitrogens is 1. The molecule has 1 aliphatic heterocycles. The first-order valence-electron chi connectivity index (χ1n) is 9.39. The zero-order valence-corrected chi connectivity index (χ0v) is 15.4. The lowest BCUT2D eigenvalue weighted by molar-refractivity contribution is 0.0700. The molecule has 6 heteroatoms. The van der Waals surface area contributed by atoms with Gasteiger partial charge in [-0.2, -0.15) is 0 Å². The second-order valence-electron chi connectivity index (χ2n) is 7.00. The van der Waals surface area contributed by atoms with Crippen LogP contribution < -0.4 is 10.9 Å². The van der Waals surface area contributed by atoms with Gasteiger partial charge in [0.25, 0.3) is 11.8 Å². The van der Waals surface area contributed by atoms with Crippen LogP contribution in [0.4, 0.5) is 0 Å². The molecule has 2 N–H and O–H groups in total. The van der Waals surface area contributed by atoms with Crippen molar-refractivity contribution in [3.63, 3.8) is 0 Å². The van der Waals surface area contributed by atoms with Crippen LogP contribution in [0.3, 0.4) is 0 Å². The minimum Gasteiger partial charge on any atom is -0.349 e. The average molecular weight is 375 g/mol. The van der Waals surface area contributed by atoms with E-state index in [4.69, 9.17) is 0 Å². The molecule has 1 fully saturated rings. The van der Waals surface area contributed by atoms with Crippen LogP contribution >= 0.6 is 0 Å². The van der Waals surface area contributed by atoms with E-state index in [1.165, 1.54) is 6.07 Å². The summed E-state index contributed by atoms with van der Waals surface area (Å²) in [4.78, 5) is 41.7. The molecule has 6 nitrogen and oxygen atoms in total. The Balaban J connectivity index is 1.44. The molecule has 1 aliphatic rings. The number of fused-ring (bicyclic) bond motifs is 1. The van der Waals surface area contributed by atoms with Gasteiger partial charge in [0, 0.05) is 41.7 Å². The number of hydrogen-bond donors (Lipinski definition) is 2. The molecular formula is C22H21N3O3. The van der Waals surface area contributed by atoms with Crippen molar-refractivity contribution in [3.05, 3.63) is 82.1 Å². The predicted octanol–water partition coefficient (Wildman–Crippen LogP) is 2.56. The number of pyridine rings is 1. The first-order chi connectivity index (χ1) is 13.6. The highest BCUT2D eigenvalue weighted by atomic mass is 16.2. The number of nitrogens with one attached hydrogen (secondary N) is 2. The van der Waals surface area contributed by atoms with Crippen LogP contribution in [0.1, 0.15) is 33.6 Å². The van der Waals surface area contributed by atoms with Crippen molar-refractivity contribution in [2.45, 2.75) is 18.9 Å². The Bertz CT molecular complexity index is 1070. The van der Waals surface area contributed by atoms with E-state index in [1.54, 1.807) is 23.1 Å². The molecule has 4 rings (SSSR count). The Hall–Kier alpha value is -3.41. The van der Waals surface area contributed by atoms with Crippen LogP contribution in [-0.2, 0) is 0 Å². The summed E-state index contributed by atoms with van der Waals surface area (Å²) in [5.41, 5.74) is 1.43. The zero-order chi connectivity index (χ0) is 19.5. The van der Waals surface area contributed by atoms with Crippen LogP contribution in [0.25, 0.3) is 10.9 Å². The molecule has 0 unspecified atom stereocenters. The molecule has 1 aromatic heterocycles. The van der Waals surface area contributed by atoms with Crippen LogP contribution in [0.2, 0.25) is 0 Å². The minimum absolute atomic E-state index is 0.0349. The van der Waals surface area contributed by atoms with E-state index in [2.05, 4.69) is 10.3 Å². The number of aromatic amines is 1. The topological polar surface area (TPSA) is 82.3 Å². The van der Waals surface area contributed by atoms with Gasteiger partial charge in [0.05, 0.1) is 5.56 Å². The molecule has 0 aliphatic carbocycles. The van der Waals surface area contributed by atoms with Crippen LogP contribution in [0.15, 0.2) is 65.5 Å². The second-order valence-corrected chi connectivity index (χ2v) is 7.00. The molecule has 2 heterocycles. The van der Waals surface area contributed by atoms with Gasteiger partial charge >= 0.3 is 0 Å². The van der Waals surface area contributed by atoms with E-state index in [9.17, 15) is 14.4 Å². The van der Waals surface area contributed by atoms with Crippen molar-refractivity contribution in [2.75, 3.05) is 13.1 Å². The van der Waals surface area contributed by atoms with Gasteiger partial charge in [-0.25, -0.2) is 0 Å². The minimum atomic E-state index is -0.285. The maximum Gasteiger partial charge on any atom is 0.254 e. The fraction of sp³-hybridized carbons (Fsp3) is 0.227. The van der Waals surface area contributed by atoms with Gasteiger partial charge in [-0.3, -0.25) is 14.4 Å². The summed E-state index contributed by atoms with van der Waals surface area (Å²) in [5, 5.41) is 3.78. The van der Waals surface area contributed by atoms with Crippen molar-refractivity contribution in [1.29, 1.82) is 0 Å². The summed E-state index contributed by atoms with van der Waals surface area (Å²) in [6, 6.07) is 17.8. The Morgan fingerprint density at radius 1 is 0.964 bits per heavy atom. The number of carbonyl (C=O) groups is 2. The van der Waals surface area contributed by atoms with E-state index < -0.39 is 0 Å². The van der Waals surface area contributed by atoms with Crippen LogP contribution in [0, 0.1) is 0 Å². The van der Waals surface area contributed by atoms with Crippen molar-refractivity contribution in [2.24, 2.45) is 0 Å². The SMILES string of the molecule is O=C(NC1CCN(C(=O)c2cc(=O)[nH]c3ccccc23)CC1)c1ccccc1. The fourth-order valence-corrected chi connectivity index (χ4v) is 3.64. The summed E-state index contributed by atoms with van der Waals surface area (Å²) in [7, 11) is 0. The first-order valence-corrected chi connectivity index (χ1v) is 9.39. The highest BCUT2D eigenvalue weighted by molar-refractivity contribution is 6.06. The first kappa shape index (κ1) is 18.0. The third-order valence-electron chi connectivity index (χ3n) is 5.13. The fourth-order valence-electron chi connectivity index (χ4n) is 3.64. The molecule has 1 saturated heterocycles. The second kappa shape index (κ2) is 7.68.